The summed E-state index contributed by atoms with van der Waals surface area (Å²) in [7, 11) is 0. The van der Waals surface area contributed by atoms with E-state index in [0.29, 0.717) is 26.4 Å². The number of hydrogen-bond donors (Lipinski definition) is 1. The van der Waals surface area contributed by atoms with Gasteiger partial charge in [-0.1, -0.05) is 13.8 Å². The zero-order chi connectivity index (χ0) is 10.8. The maximum atomic E-state index is 11.3. The molecular weight excluding hydrogens is 182 g/mol. The highest BCUT2D eigenvalue weighted by Crippen LogP contribution is 2.01. The van der Waals surface area contributed by atoms with Crippen LogP contribution >= 0.6 is 0 Å². The van der Waals surface area contributed by atoms with Crippen LogP contribution in [0.1, 0.15) is 20.3 Å². The van der Waals surface area contributed by atoms with Gasteiger partial charge in [0.05, 0.1) is 19.8 Å². The van der Waals surface area contributed by atoms with Crippen LogP contribution in [0.3, 0.4) is 0 Å². The zero-order valence-corrected chi connectivity index (χ0v) is 9.12. The summed E-state index contributed by atoms with van der Waals surface area (Å²) < 4.78 is 10.2. The van der Waals surface area contributed by atoms with Gasteiger partial charge >= 0.3 is 0 Å². The van der Waals surface area contributed by atoms with Crippen molar-refractivity contribution < 1.29 is 14.3 Å². The number of ketones is 1. The van der Waals surface area contributed by atoms with Crippen molar-refractivity contribution in [3.8, 4) is 0 Å². The minimum absolute atomic E-state index is 0.0972. The second-order valence-electron chi connectivity index (χ2n) is 3.23. The SMILES string of the molecule is CC[C@H](C)C(=O)COCCOCCN. The summed E-state index contributed by atoms with van der Waals surface area (Å²) in [5.41, 5.74) is 5.23. The van der Waals surface area contributed by atoms with Crippen molar-refractivity contribution in [1.29, 1.82) is 0 Å². The Morgan fingerprint density at radius 1 is 1.29 bits per heavy atom. The summed E-state index contributed by atoms with van der Waals surface area (Å²) in [6, 6.07) is 0. The third-order valence-electron chi connectivity index (χ3n) is 2.04. The molecule has 0 saturated carbocycles. The van der Waals surface area contributed by atoms with Gasteiger partial charge in [-0.05, 0) is 6.42 Å². The van der Waals surface area contributed by atoms with E-state index in [1.165, 1.54) is 0 Å². The van der Waals surface area contributed by atoms with Crippen LogP contribution in [0.15, 0.2) is 0 Å². The Kier molecular flexibility index (Phi) is 8.83. The van der Waals surface area contributed by atoms with Gasteiger partial charge in [0, 0.05) is 12.5 Å². The number of rotatable bonds is 9. The molecule has 1 atom stereocenters. The van der Waals surface area contributed by atoms with E-state index in [-0.39, 0.29) is 18.3 Å². The van der Waals surface area contributed by atoms with E-state index in [1.54, 1.807) is 0 Å². The van der Waals surface area contributed by atoms with Gasteiger partial charge in [0.2, 0.25) is 0 Å². The van der Waals surface area contributed by atoms with Crippen LogP contribution in [-0.2, 0) is 14.3 Å². The fraction of sp³-hybridized carbons (Fsp3) is 0.900. The van der Waals surface area contributed by atoms with E-state index in [0.717, 1.165) is 6.42 Å². The van der Waals surface area contributed by atoms with Crippen molar-refractivity contribution in [2.45, 2.75) is 20.3 Å². The molecule has 0 fully saturated rings. The second kappa shape index (κ2) is 9.12. The molecule has 0 aromatic carbocycles. The summed E-state index contributed by atoms with van der Waals surface area (Å²) in [5.74, 6) is 0.256. The van der Waals surface area contributed by atoms with Crippen LogP contribution < -0.4 is 5.73 Å². The Morgan fingerprint density at radius 3 is 2.50 bits per heavy atom. The lowest BCUT2D eigenvalue weighted by molar-refractivity contribution is -0.127. The molecule has 0 aliphatic carbocycles. The summed E-state index contributed by atoms with van der Waals surface area (Å²) >= 11 is 0. The molecule has 0 saturated heterocycles. The van der Waals surface area contributed by atoms with Crippen molar-refractivity contribution in [1.82, 2.24) is 0 Å². The van der Waals surface area contributed by atoms with Crippen LogP contribution in [0.4, 0.5) is 0 Å². The van der Waals surface area contributed by atoms with Crippen molar-refractivity contribution in [2.75, 3.05) is 33.0 Å². The standard InChI is InChI=1S/C10H21NO3/c1-3-9(2)10(12)8-14-7-6-13-5-4-11/h9H,3-8,11H2,1-2H3/t9-/m0/s1. The molecule has 0 aliphatic rings. The Morgan fingerprint density at radius 2 is 1.93 bits per heavy atom. The van der Waals surface area contributed by atoms with E-state index in [9.17, 15) is 4.79 Å². The van der Waals surface area contributed by atoms with Crippen molar-refractivity contribution in [3.05, 3.63) is 0 Å². The lowest BCUT2D eigenvalue weighted by atomic mass is 10.1. The van der Waals surface area contributed by atoms with Crippen LogP contribution in [0.5, 0.6) is 0 Å². The third kappa shape index (κ3) is 7.00. The first-order valence-electron chi connectivity index (χ1n) is 5.10. The minimum atomic E-state index is 0.0972. The summed E-state index contributed by atoms with van der Waals surface area (Å²) in [5, 5.41) is 0. The van der Waals surface area contributed by atoms with Gasteiger partial charge in [0.25, 0.3) is 0 Å². The molecule has 84 valence electrons. The molecule has 0 aliphatic heterocycles. The van der Waals surface area contributed by atoms with Gasteiger partial charge in [-0.2, -0.15) is 0 Å². The molecular formula is C10H21NO3. The predicted molar refractivity (Wildman–Crippen MR) is 55.2 cm³/mol. The monoisotopic (exact) mass is 203 g/mol. The van der Waals surface area contributed by atoms with Crippen LogP contribution in [0.25, 0.3) is 0 Å². The van der Waals surface area contributed by atoms with E-state index in [1.807, 2.05) is 13.8 Å². The highest BCUT2D eigenvalue weighted by molar-refractivity contribution is 5.81. The van der Waals surface area contributed by atoms with Crippen molar-refractivity contribution >= 4 is 5.78 Å². The Bertz CT molecular complexity index is 150. The molecule has 0 aromatic heterocycles. The van der Waals surface area contributed by atoms with Crippen molar-refractivity contribution in [3.63, 3.8) is 0 Å². The second-order valence-corrected chi connectivity index (χ2v) is 3.23. The molecule has 0 aromatic rings. The number of Topliss-reactive ketones (excluding diaryl/α,β-unsaturated/α-hetero) is 1. The Balaban J connectivity index is 3.23. The van der Waals surface area contributed by atoms with Crippen LogP contribution in [-0.4, -0.2) is 38.8 Å². The lowest BCUT2D eigenvalue weighted by Gasteiger charge is -2.08. The van der Waals surface area contributed by atoms with Gasteiger partial charge in [-0.15, -0.1) is 0 Å². The average molecular weight is 203 g/mol. The first-order valence-corrected chi connectivity index (χ1v) is 5.10. The van der Waals surface area contributed by atoms with Gasteiger partial charge in [0.1, 0.15) is 6.61 Å². The maximum Gasteiger partial charge on any atom is 0.161 e. The number of ether oxygens (including phenoxy) is 2. The van der Waals surface area contributed by atoms with Gasteiger partial charge in [0.15, 0.2) is 5.78 Å². The summed E-state index contributed by atoms with van der Waals surface area (Å²) in [6.07, 6.45) is 0.867. The highest BCUT2D eigenvalue weighted by atomic mass is 16.5. The Labute approximate surface area is 85.8 Å². The molecule has 0 bridgehead atoms. The first kappa shape index (κ1) is 13.5. The molecule has 4 heteroatoms. The molecule has 0 unspecified atom stereocenters. The molecule has 4 nitrogen and oxygen atoms in total. The third-order valence-corrected chi connectivity index (χ3v) is 2.04. The predicted octanol–water partition coefficient (Wildman–Crippen LogP) is 0.594. The molecule has 0 rings (SSSR count). The normalized spacial score (nSPS) is 12.8. The number of hydrogen-bond acceptors (Lipinski definition) is 4. The highest BCUT2D eigenvalue weighted by Gasteiger charge is 2.09. The van der Waals surface area contributed by atoms with E-state index < -0.39 is 0 Å². The number of nitrogens with two attached hydrogens (primary N) is 1. The first-order chi connectivity index (χ1) is 6.72. The zero-order valence-electron chi connectivity index (χ0n) is 9.12. The molecule has 0 radical (unpaired) electrons. The summed E-state index contributed by atoms with van der Waals surface area (Å²) in [6.45, 7) is 6.13. The minimum Gasteiger partial charge on any atom is -0.378 e. The maximum absolute atomic E-state index is 11.3. The largest absolute Gasteiger partial charge is 0.378 e. The number of carbonyl (C=O) groups is 1. The van der Waals surface area contributed by atoms with Crippen molar-refractivity contribution in [2.24, 2.45) is 11.7 Å². The Hall–Kier alpha value is -0.450. The fourth-order valence-corrected chi connectivity index (χ4v) is 0.846. The van der Waals surface area contributed by atoms with Gasteiger partial charge in [-0.25, -0.2) is 0 Å². The van der Waals surface area contributed by atoms with E-state index >= 15 is 0 Å². The topological polar surface area (TPSA) is 61.5 Å². The van der Waals surface area contributed by atoms with Crippen LogP contribution in [0, 0.1) is 5.92 Å². The molecule has 2 N–H and O–H groups in total. The quantitative estimate of drug-likeness (QED) is 0.557. The van der Waals surface area contributed by atoms with E-state index in [4.69, 9.17) is 15.2 Å². The average Bonchev–Trinajstić information content (AvgIpc) is 2.21. The fourth-order valence-electron chi connectivity index (χ4n) is 0.846. The van der Waals surface area contributed by atoms with E-state index in [2.05, 4.69) is 0 Å². The number of carbonyl (C=O) groups excluding carboxylic acids is 1. The molecule has 0 amide bonds. The molecule has 0 spiro atoms. The van der Waals surface area contributed by atoms with Crippen LogP contribution in [0.2, 0.25) is 0 Å². The lowest BCUT2D eigenvalue weighted by Crippen LogP contribution is -2.19. The molecule has 0 heterocycles. The molecule has 14 heavy (non-hydrogen) atoms. The summed E-state index contributed by atoms with van der Waals surface area (Å²) in [4.78, 5) is 11.3. The van der Waals surface area contributed by atoms with Gasteiger partial charge < -0.3 is 15.2 Å². The smallest absolute Gasteiger partial charge is 0.161 e. The van der Waals surface area contributed by atoms with Gasteiger partial charge in [-0.3, -0.25) is 4.79 Å².